The predicted octanol–water partition coefficient (Wildman–Crippen LogP) is 2.14. The summed E-state index contributed by atoms with van der Waals surface area (Å²) in [5, 5.41) is 5.09. The summed E-state index contributed by atoms with van der Waals surface area (Å²) >= 11 is 1.54. The third-order valence-corrected chi connectivity index (χ3v) is 3.64. The number of nitrogens with one attached hydrogen (secondary N) is 1. The van der Waals surface area contributed by atoms with Crippen LogP contribution in [0.25, 0.3) is 0 Å². The van der Waals surface area contributed by atoms with Crippen LogP contribution in [-0.4, -0.2) is 19.1 Å². The fraction of sp³-hybridized carbons (Fsp3) is 0.357. The van der Waals surface area contributed by atoms with Gasteiger partial charge >= 0.3 is 0 Å². The van der Waals surface area contributed by atoms with Gasteiger partial charge in [-0.1, -0.05) is 0 Å². The van der Waals surface area contributed by atoms with E-state index in [1.165, 1.54) is 11.3 Å². The number of ether oxygens (including phenoxy) is 1. The molecule has 0 aliphatic carbocycles. The van der Waals surface area contributed by atoms with Crippen LogP contribution in [0.15, 0.2) is 34.3 Å². The van der Waals surface area contributed by atoms with Crippen molar-refractivity contribution in [1.82, 2.24) is 5.32 Å². The van der Waals surface area contributed by atoms with Gasteiger partial charge in [0.15, 0.2) is 0 Å². The minimum Gasteiger partial charge on any atom is -0.467 e. The van der Waals surface area contributed by atoms with Crippen LogP contribution in [0.1, 0.15) is 27.4 Å². The summed E-state index contributed by atoms with van der Waals surface area (Å²) in [6.07, 6.45) is 2.57. The van der Waals surface area contributed by atoms with E-state index in [1.807, 2.05) is 18.2 Å². The van der Waals surface area contributed by atoms with E-state index in [0.29, 0.717) is 18.8 Å². The molecule has 5 nitrogen and oxygen atoms in total. The average Bonchev–Trinajstić information content (AvgIpc) is 3.08. The van der Waals surface area contributed by atoms with Gasteiger partial charge in [-0.15, -0.1) is 11.3 Å². The molecule has 0 aromatic carbocycles. The van der Waals surface area contributed by atoms with Crippen molar-refractivity contribution in [1.29, 1.82) is 0 Å². The highest BCUT2D eigenvalue weighted by atomic mass is 32.1. The number of rotatable bonds is 9. The smallest absolute Gasteiger partial charge is 0.249 e. The number of primary amides is 1. The lowest BCUT2D eigenvalue weighted by Gasteiger charge is -2.04. The van der Waals surface area contributed by atoms with Crippen molar-refractivity contribution in [2.24, 2.45) is 5.73 Å². The fourth-order valence-corrected chi connectivity index (χ4v) is 2.52. The van der Waals surface area contributed by atoms with Crippen LogP contribution in [-0.2, 0) is 17.9 Å². The monoisotopic (exact) mass is 294 g/mol. The van der Waals surface area contributed by atoms with E-state index in [1.54, 1.807) is 11.6 Å². The Kier molecular flexibility index (Phi) is 5.79. The normalized spacial score (nSPS) is 10.8. The van der Waals surface area contributed by atoms with Crippen LogP contribution in [0.2, 0.25) is 0 Å². The Morgan fingerprint density at radius 2 is 2.40 bits per heavy atom. The highest BCUT2D eigenvalue weighted by Gasteiger charge is 2.04. The summed E-state index contributed by atoms with van der Waals surface area (Å²) in [6.45, 7) is 2.81. The molecule has 20 heavy (non-hydrogen) atoms. The first-order chi connectivity index (χ1) is 9.75. The number of amides is 1. The SMILES string of the molecule is NC(=O)c1csc(CNCCCOCc2ccco2)c1. The van der Waals surface area contributed by atoms with Gasteiger partial charge in [-0.25, -0.2) is 0 Å². The summed E-state index contributed by atoms with van der Waals surface area (Å²) in [5.74, 6) is 0.467. The van der Waals surface area contributed by atoms with Gasteiger partial charge in [0.1, 0.15) is 12.4 Å². The van der Waals surface area contributed by atoms with E-state index in [2.05, 4.69) is 5.32 Å². The maximum atomic E-state index is 10.9. The quantitative estimate of drug-likeness (QED) is 0.695. The Morgan fingerprint density at radius 3 is 3.10 bits per heavy atom. The van der Waals surface area contributed by atoms with Crippen LogP contribution in [0.5, 0.6) is 0 Å². The molecule has 1 amide bonds. The molecule has 6 heteroatoms. The van der Waals surface area contributed by atoms with E-state index < -0.39 is 0 Å². The summed E-state index contributed by atoms with van der Waals surface area (Å²) in [5.41, 5.74) is 5.78. The molecule has 3 N–H and O–H groups in total. The second-order valence-electron chi connectivity index (χ2n) is 4.33. The van der Waals surface area contributed by atoms with E-state index >= 15 is 0 Å². The Bertz CT molecular complexity index is 522. The number of thiophene rings is 1. The third kappa shape index (κ3) is 4.80. The van der Waals surface area contributed by atoms with Crippen molar-refractivity contribution in [3.63, 3.8) is 0 Å². The Balaban J connectivity index is 1.52. The van der Waals surface area contributed by atoms with Crippen molar-refractivity contribution in [2.45, 2.75) is 19.6 Å². The third-order valence-electron chi connectivity index (χ3n) is 2.70. The standard InChI is InChI=1S/C14H18N2O3S/c15-14(17)11-7-13(20-10-11)8-16-4-2-5-18-9-12-3-1-6-19-12/h1,3,6-7,10,16H,2,4-5,8-9H2,(H2,15,17). The van der Waals surface area contributed by atoms with E-state index in [-0.39, 0.29) is 5.91 Å². The van der Waals surface area contributed by atoms with Gasteiger partial charge < -0.3 is 20.2 Å². The van der Waals surface area contributed by atoms with Gasteiger partial charge in [0.25, 0.3) is 0 Å². The van der Waals surface area contributed by atoms with Gasteiger partial charge in [0, 0.05) is 23.4 Å². The van der Waals surface area contributed by atoms with Gasteiger partial charge in [0.2, 0.25) is 5.91 Å². The van der Waals surface area contributed by atoms with Gasteiger partial charge in [0.05, 0.1) is 11.8 Å². The van der Waals surface area contributed by atoms with Gasteiger partial charge in [-0.05, 0) is 31.2 Å². The number of hydrogen-bond acceptors (Lipinski definition) is 5. The minimum atomic E-state index is -0.376. The lowest BCUT2D eigenvalue weighted by molar-refractivity contribution is 0.100. The Labute approximate surface area is 121 Å². The molecular formula is C14H18N2O3S. The molecule has 108 valence electrons. The Morgan fingerprint density at radius 1 is 1.50 bits per heavy atom. The Hall–Kier alpha value is -1.63. The molecule has 0 aliphatic heterocycles. The minimum absolute atomic E-state index is 0.376. The predicted molar refractivity (Wildman–Crippen MR) is 77.5 cm³/mol. The molecule has 0 fully saturated rings. The lowest BCUT2D eigenvalue weighted by atomic mass is 10.3. The maximum Gasteiger partial charge on any atom is 0.249 e. The molecule has 0 saturated heterocycles. The molecule has 2 heterocycles. The van der Waals surface area contributed by atoms with Crippen molar-refractivity contribution >= 4 is 17.2 Å². The van der Waals surface area contributed by atoms with Gasteiger partial charge in [-0.2, -0.15) is 0 Å². The van der Waals surface area contributed by atoms with Crippen LogP contribution < -0.4 is 11.1 Å². The van der Waals surface area contributed by atoms with Crippen molar-refractivity contribution in [2.75, 3.05) is 13.2 Å². The fourth-order valence-electron chi connectivity index (χ4n) is 1.68. The summed E-state index contributed by atoms with van der Waals surface area (Å²) < 4.78 is 10.6. The molecule has 0 spiro atoms. The highest BCUT2D eigenvalue weighted by molar-refractivity contribution is 7.10. The zero-order chi connectivity index (χ0) is 14.2. The second kappa shape index (κ2) is 7.84. The molecular weight excluding hydrogens is 276 g/mol. The maximum absolute atomic E-state index is 10.9. The lowest BCUT2D eigenvalue weighted by Crippen LogP contribution is -2.16. The largest absolute Gasteiger partial charge is 0.467 e. The second-order valence-corrected chi connectivity index (χ2v) is 5.32. The molecule has 0 atom stereocenters. The number of nitrogens with two attached hydrogens (primary N) is 1. The van der Waals surface area contributed by atoms with Gasteiger partial charge in [-0.3, -0.25) is 4.79 Å². The molecule has 2 aromatic heterocycles. The van der Waals surface area contributed by atoms with E-state index in [4.69, 9.17) is 14.9 Å². The molecule has 0 saturated carbocycles. The number of carbonyl (C=O) groups excluding carboxylic acids is 1. The zero-order valence-corrected chi connectivity index (χ0v) is 11.9. The van der Waals surface area contributed by atoms with Crippen molar-refractivity contribution in [3.05, 3.63) is 46.0 Å². The highest BCUT2D eigenvalue weighted by Crippen LogP contribution is 2.13. The van der Waals surface area contributed by atoms with Crippen molar-refractivity contribution < 1.29 is 13.9 Å². The van der Waals surface area contributed by atoms with Crippen LogP contribution >= 0.6 is 11.3 Å². The van der Waals surface area contributed by atoms with Crippen LogP contribution in [0.4, 0.5) is 0 Å². The topological polar surface area (TPSA) is 77.5 Å². The van der Waals surface area contributed by atoms with E-state index in [0.717, 1.165) is 30.1 Å². The summed E-state index contributed by atoms with van der Waals surface area (Å²) in [6, 6.07) is 5.57. The number of carbonyl (C=O) groups is 1. The average molecular weight is 294 g/mol. The summed E-state index contributed by atoms with van der Waals surface area (Å²) in [4.78, 5) is 12.1. The molecule has 0 bridgehead atoms. The van der Waals surface area contributed by atoms with Crippen LogP contribution in [0, 0.1) is 0 Å². The number of furan rings is 1. The summed E-state index contributed by atoms with van der Waals surface area (Å²) in [7, 11) is 0. The molecule has 2 aromatic rings. The molecule has 0 unspecified atom stereocenters. The first kappa shape index (κ1) is 14.8. The number of hydrogen-bond donors (Lipinski definition) is 2. The molecule has 0 aliphatic rings. The van der Waals surface area contributed by atoms with E-state index in [9.17, 15) is 4.79 Å². The first-order valence-electron chi connectivity index (χ1n) is 6.44. The molecule has 2 rings (SSSR count). The van der Waals surface area contributed by atoms with Crippen molar-refractivity contribution in [3.8, 4) is 0 Å². The zero-order valence-electron chi connectivity index (χ0n) is 11.1. The first-order valence-corrected chi connectivity index (χ1v) is 7.32. The molecule has 0 radical (unpaired) electrons. The van der Waals surface area contributed by atoms with Crippen LogP contribution in [0.3, 0.4) is 0 Å².